The summed E-state index contributed by atoms with van der Waals surface area (Å²) in [5, 5.41) is 7.82. The average molecular weight is 401 g/mol. The number of hydrogen-bond donors (Lipinski definition) is 0. The van der Waals surface area contributed by atoms with E-state index in [1.807, 2.05) is 31.2 Å². The highest BCUT2D eigenvalue weighted by Gasteiger charge is 2.31. The zero-order valence-corrected chi connectivity index (χ0v) is 15.1. The third-order valence-electron chi connectivity index (χ3n) is 4.18. The van der Waals surface area contributed by atoms with E-state index < -0.39 is 6.36 Å². The van der Waals surface area contributed by atoms with Crippen molar-refractivity contribution in [1.29, 1.82) is 0 Å². The molecule has 4 rings (SSSR count). The van der Waals surface area contributed by atoms with Crippen LogP contribution in [-0.4, -0.2) is 30.9 Å². The lowest BCUT2D eigenvalue weighted by Crippen LogP contribution is -2.21. The summed E-state index contributed by atoms with van der Waals surface area (Å²) in [5.74, 6) is -0.362. The maximum atomic E-state index is 12.7. The molecule has 0 aliphatic heterocycles. The minimum Gasteiger partial charge on any atom is -0.406 e. The Bertz CT molecular complexity index is 1230. The van der Waals surface area contributed by atoms with Gasteiger partial charge in [0.2, 0.25) is 0 Å². The fraction of sp³-hybridized carbons (Fsp3) is 0.158. The first kappa shape index (κ1) is 18.7. The largest absolute Gasteiger partial charge is 0.573 e. The Hall–Kier alpha value is -3.69. The van der Waals surface area contributed by atoms with Crippen LogP contribution in [0.1, 0.15) is 11.1 Å². The summed E-state index contributed by atoms with van der Waals surface area (Å²) in [6, 6.07) is 12.8. The molecular formula is C19H14F3N5O2. The van der Waals surface area contributed by atoms with Crippen LogP contribution < -0.4 is 10.3 Å². The Morgan fingerprint density at radius 2 is 1.86 bits per heavy atom. The van der Waals surface area contributed by atoms with Gasteiger partial charge in [-0.3, -0.25) is 9.36 Å². The van der Waals surface area contributed by atoms with Crippen molar-refractivity contribution in [1.82, 2.24) is 24.5 Å². The van der Waals surface area contributed by atoms with Gasteiger partial charge in [-0.1, -0.05) is 35.0 Å². The second-order valence-electron chi connectivity index (χ2n) is 6.38. The van der Waals surface area contributed by atoms with Crippen LogP contribution in [0.25, 0.3) is 16.9 Å². The number of fused-ring (bicyclic) bond motifs is 1. The number of halogens is 3. The minimum atomic E-state index is -4.77. The molecule has 0 spiro atoms. The van der Waals surface area contributed by atoms with Crippen molar-refractivity contribution in [2.45, 2.75) is 19.8 Å². The monoisotopic (exact) mass is 401 g/mol. The number of benzene rings is 2. The van der Waals surface area contributed by atoms with Crippen molar-refractivity contribution in [3.63, 3.8) is 0 Å². The van der Waals surface area contributed by atoms with Gasteiger partial charge in [-0.25, -0.2) is 4.98 Å². The highest BCUT2D eigenvalue weighted by molar-refractivity contribution is 5.70. The number of ether oxygens (including phenoxy) is 1. The lowest BCUT2D eigenvalue weighted by atomic mass is 10.1. The first-order chi connectivity index (χ1) is 13.8. The molecule has 0 unspecified atom stereocenters. The van der Waals surface area contributed by atoms with Gasteiger partial charge in [0.05, 0.1) is 12.2 Å². The summed E-state index contributed by atoms with van der Waals surface area (Å²) < 4.78 is 43.4. The molecule has 0 bridgehead atoms. The van der Waals surface area contributed by atoms with Crippen molar-refractivity contribution in [2.24, 2.45) is 0 Å². The van der Waals surface area contributed by atoms with Gasteiger partial charge < -0.3 is 4.74 Å². The maximum absolute atomic E-state index is 12.7. The standard InChI is InChI=1S/C19H14F3N5O2/c1-12-3-2-4-13(9-12)10-26-11-23-17-16(18(26)28)24-25-27(17)14-5-7-15(8-6-14)29-19(20,21)22/h2-9,11H,10H2,1H3. The van der Waals surface area contributed by atoms with Crippen LogP contribution in [0.3, 0.4) is 0 Å². The zero-order valence-electron chi connectivity index (χ0n) is 15.1. The van der Waals surface area contributed by atoms with E-state index in [1.165, 1.54) is 27.7 Å². The van der Waals surface area contributed by atoms with Gasteiger partial charge in [0.25, 0.3) is 5.56 Å². The number of aryl methyl sites for hydroxylation is 1. The summed E-state index contributed by atoms with van der Waals surface area (Å²) in [6.45, 7) is 2.30. The number of nitrogens with zero attached hydrogens (tertiary/aromatic N) is 5. The van der Waals surface area contributed by atoms with E-state index >= 15 is 0 Å². The lowest BCUT2D eigenvalue weighted by molar-refractivity contribution is -0.274. The molecule has 2 heterocycles. The molecule has 0 N–H and O–H groups in total. The van der Waals surface area contributed by atoms with Crippen molar-refractivity contribution < 1.29 is 17.9 Å². The Labute approximate surface area is 162 Å². The lowest BCUT2D eigenvalue weighted by Gasteiger charge is -2.09. The summed E-state index contributed by atoms with van der Waals surface area (Å²) >= 11 is 0. The molecule has 0 radical (unpaired) electrons. The van der Waals surface area contributed by atoms with Crippen LogP contribution >= 0.6 is 0 Å². The molecule has 7 nitrogen and oxygen atoms in total. The fourth-order valence-corrected chi connectivity index (χ4v) is 2.93. The number of hydrogen-bond acceptors (Lipinski definition) is 5. The molecule has 2 aromatic heterocycles. The average Bonchev–Trinajstić information content (AvgIpc) is 3.08. The van der Waals surface area contributed by atoms with Gasteiger partial charge in [-0.15, -0.1) is 18.3 Å². The fourth-order valence-electron chi connectivity index (χ4n) is 2.93. The highest BCUT2D eigenvalue weighted by atomic mass is 19.4. The van der Waals surface area contributed by atoms with Crippen LogP contribution in [0.4, 0.5) is 13.2 Å². The smallest absolute Gasteiger partial charge is 0.406 e. The topological polar surface area (TPSA) is 74.8 Å². The molecule has 29 heavy (non-hydrogen) atoms. The second kappa shape index (κ2) is 7.04. The molecular weight excluding hydrogens is 387 g/mol. The molecule has 2 aromatic carbocycles. The van der Waals surface area contributed by atoms with Crippen LogP contribution in [0, 0.1) is 6.92 Å². The summed E-state index contributed by atoms with van der Waals surface area (Å²) in [7, 11) is 0. The quantitative estimate of drug-likeness (QED) is 0.525. The number of aromatic nitrogens is 5. The van der Waals surface area contributed by atoms with Crippen molar-refractivity contribution in [2.75, 3.05) is 0 Å². The SMILES string of the molecule is Cc1cccc(Cn2cnc3c(nnn3-c3ccc(OC(F)(F)F)cc3)c2=O)c1. The Kier molecular flexibility index (Phi) is 4.53. The maximum Gasteiger partial charge on any atom is 0.573 e. The van der Waals surface area contributed by atoms with Gasteiger partial charge in [-0.2, -0.15) is 4.68 Å². The number of rotatable bonds is 4. The molecule has 0 saturated heterocycles. The van der Waals surface area contributed by atoms with Gasteiger partial charge in [0.1, 0.15) is 12.1 Å². The summed E-state index contributed by atoms with van der Waals surface area (Å²) in [6.07, 6.45) is -3.38. The van der Waals surface area contributed by atoms with Gasteiger partial charge in [0.15, 0.2) is 11.2 Å². The van der Waals surface area contributed by atoms with E-state index in [4.69, 9.17) is 0 Å². The molecule has 0 aliphatic rings. The molecule has 0 fully saturated rings. The van der Waals surface area contributed by atoms with E-state index in [2.05, 4.69) is 20.0 Å². The first-order valence-electron chi connectivity index (χ1n) is 8.53. The van der Waals surface area contributed by atoms with Crippen molar-refractivity contribution in [3.05, 3.63) is 76.3 Å². The normalized spacial score (nSPS) is 11.7. The van der Waals surface area contributed by atoms with Crippen molar-refractivity contribution in [3.8, 4) is 11.4 Å². The van der Waals surface area contributed by atoms with E-state index in [0.29, 0.717) is 12.2 Å². The second-order valence-corrected chi connectivity index (χ2v) is 6.38. The minimum absolute atomic E-state index is 0.0655. The summed E-state index contributed by atoms with van der Waals surface area (Å²) in [5.41, 5.74) is 2.33. The third kappa shape index (κ3) is 3.96. The van der Waals surface area contributed by atoms with Crippen LogP contribution in [0.2, 0.25) is 0 Å². The molecule has 148 valence electrons. The van der Waals surface area contributed by atoms with E-state index in [-0.39, 0.29) is 22.5 Å². The van der Waals surface area contributed by atoms with E-state index in [0.717, 1.165) is 23.3 Å². The predicted octanol–water partition coefficient (Wildman–Crippen LogP) is 3.23. The van der Waals surface area contributed by atoms with E-state index in [9.17, 15) is 18.0 Å². The van der Waals surface area contributed by atoms with Crippen molar-refractivity contribution >= 4 is 11.2 Å². The Balaban J connectivity index is 1.66. The molecule has 0 saturated carbocycles. The van der Waals surface area contributed by atoms with Gasteiger partial charge in [-0.05, 0) is 36.8 Å². The molecule has 10 heteroatoms. The number of alkyl halides is 3. The highest BCUT2D eigenvalue weighted by Crippen LogP contribution is 2.24. The zero-order chi connectivity index (χ0) is 20.6. The van der Waals surface area contributed by atoms with Gasteiger partial charge >= 0.3 is 6.36 Å². The summed E-state index contributed by atoms with van der Waals surface area (Å²) in [4.78, 5) is 17.0. The van der Waals surface area contributed by atoms with Crippen LogP contribution in [-0.2, 0) is 6.54 Å². The molecule has 0 atom stereocenters. The van der Waals surface area contributed by atoms with Gasteiger partial charge in [0, 0.05) is 0 Å². The predicted molar refractivity (Wildman–Crippen MR) is 97.9 cm³/mol. The third-order valence-corrected chi connectivity index (χ3v) is 4.18. The van der Waals surface area contributed by atoms with Crippen LogP contribution in [0.5, 0.6) is 5.75 Å². The Morgan fingerprint density at radius 3 is 2.55 bits per heavy atom. The molecule has 0 aliphatic carbocycles. The van der Waals surface area contributed by atoms with E-state index in [1.54, 1.807) is 0 Å². The van der Waals surface area contributed by atoms with Crippen LogP contribution in [0.15, 0.2) is 59.7 Å². The molecule has 4 aromatic rings. The Morgan fingerprint density at radius 1 is 1.10 bits per heavy atom. The first-order valence-corrected chi connectivity index (χ1v) is 8.53. The molecule has 0 amide bonds.